The summed E-state index contributed by atoms with van der Waals surface area (Å²) in [5.74, 6) is 0.639. The van der Waals surface area contributed by atoms with E-state index in [9.17, 15) is 10.2 Å². The number of aliphatic hydroxyl groups is 4. The SMILES string of the molecule is OCC(O)[C@@H](O)[C@H](O)CCSc1ccccc1. The third-order valence-corrected chi connectivity index (χ3v) is 3.45. The van der Waals surface area contributed by atoms with Gasteiger partial charge in [0.1, 0.15) is 12.2 Å². The molecule has 4 N–H and O–H groups in total. The summed E-state index contributed by atoms with van der Waals surface area (Å²) in [5, 5.41) is 36.8. The molecule has 0 aliphatic rings. The van der Waals surface area contributed by atoms with E-state index in [2.05, 4.69) is 0 Å². The summed E-state index contributed by atoms with van der Waals surface area (Å²) in [6, 6.07) is 9.73. The highest BCUT2D eigenvalue weighted by Gasteiger charge is 2.23. The minimum absolute atomic E-state index is 0.359. The monoisotopic (exact) mass is 258 g/mol. The highest BCUT2D eigenvalue weighted by molar-refractivity contribution is 7.99. The molecule has 5 heteroatoms. The van der Waals surface area contributed by atoms with E-state index in [1.807, 2.05) is 30.3 Å². The second-order valence-corrected chi connectivity index (χ2v) is 4.93. The van der Waals surface area contributed by atoms with Crippen LogP contribution in [0.25, 0.3) is 0 Å². The fraction of sp³-hybridized carbons (Fsp3) is 0.500. The Bertz CT molecular complexity index is 307. The average molecular weight is 258 g/mol. The molecule has 96 valence electrons. The van der Waals surface area contributed by atoms with Gasteiger partial charge in [-0.15, -0.1) is 11.8 Å². The molecule has 17 heavy (non-hydrogen) atoms. The molecule has 1 unspecified atom stereocenters. The van der Waals surface area contributed by atoms with Crippen LogP contribution in [0.2, 0.25) is 0 Å². The van der Waals surface area contributed by atoms with Gasteiger partial charge >= 0.3 is 0 Å². The van der Waals surface area contributed by atoms with Gasteiger partial charge in [0, 0.05) is 10.6 Å². The molecule has 3 atom stereocenters. The van der Waals surface area contributed by atoms with Crippen LogP contribution in [0.4, 0.5) is 0 Å². The van der Waals surface area contributed by atoms with Crippen LogP contribution in [0.5, 0.6) is 0 Å². The smallest absolute Gasteiger partial charge is 0.108 e. The van der Waals surface area contributed by atoms with E-state index in [4.69, 9.17) is 10.2 Å². The molecule has 1 aromatic carbocycles. The molecule has 1 rings (SSSR count). The first-order valence-corrected chi connectivity index (χ1v) is 6.46. The Morgan fingerprint density at radius 3 is 2.24 bits per heavy atom. The van der Waals surface area contributed by atoms with Crippen LogP contribution < -0.4 is 0 Å². The Morgan fingerprint density at radius 2 is 1.65 bits per heavy atom. The minimum Gasteiger partial charge on any atom is -0.394 e. The summed E-state index contributed by atoms with van der Waals surface area (Å²) >= 11 is 1.57. The Labute approximate surface area is 105 Å². The molecule has 0 amide bonds. The molecule has 0 heterocycles. The number of aliphatic hydroxyl groups excluding tert-OH is 4. The van der Waals surface area contributed by atoms with Crippen molar-refractivity contribution in [3.8, 4) is 0 Å². The summed E-state index contributed by atoms with van der Waals surface area (Å²) in [6.45, 7) is -0.552. The van der Waals surface area contributed by atoms with E-state index < -0.39 is 24.9 Å². The molecule has 0 spiro atoms. The number of benzene rings is 1. The normalized spacial score (nSPS) is 16.5. The van der Waals surface area contributed by atoms with E-state index in [-0.39, 0.29) is 0 Å². The number of hydrogen-bond donors (Lipinski definition) is 4. The van der Waals surface area contributed by atoms with E-state index in [0.717, 1.165) is 4.90 Å². The Kier molecular flexibility index (Phi) is 6.54. The fourth-order valence-electron chi connectivity index (χ4n) is 1.35. The third kappa shape index (κ3) is 5.06. The van der Waals surface area contributed by atoms with Crippen LogP contribution in [-0.2, 0) is 0 Å². The van der Waals surface area contributed by atoms with Crippen LogP contribution in [0.1, 0.15) is 6.42 Å². The van der Waals surface area contributed by atoms with Gasteiger partial charge in [0.2, 0.25) is 0 Å². The zero-order chi connectivity index (χ0) is 12.7. The maximum atomic E-state index is 9.56. The summed E-state index contributed by atoms with van der Waals surface area (Å²) in [4.78, 5) is 1.09. The molecule has 0 fully saturated rings. The molecule has 0 aliphatic carbocycles. The minimum atomic E-state index is -1.30. The van der Waals surface area contributed by atoms with E-state index in [0.29, 0.717) is 12.2 Å². The summed E-state index contributed by atoms with van der Waals surface area (Å²) in [7, 11) is 0. The first-order valence-electron chi connectivity index (χ1n) is 5.48. The van der Waals surface area contributed by atoms with Crippen LogP contribution >= 0.6 is 11.8 Å². The van der Waals surface area contributed by atoms with Crippen molar-refractivity contribution in [3.05, 3.63) is 30.3 Å². The van der Waals surface area contributed by atoms with Crippen molar-refractivity contribution in [1.82, 2.24) is 0 Å². The van der Waals surface area contributed by atoms with Gasteiger partial charge in [0.05, 0.1) is 12.7 Å². The lowest BCUT2D eigenvalue weighted by Gasteiger charge is -2.21. The average Bonchev–Trinajstić information content (AvgIpc) is 2.38. The summed E-state index contributed by atoms with van der Waals surface area (Å²) in [5.41, 5.74) is 0. The molecule has 0 saturated carbocycles. The molecule has 0 radical (unpaired) electrons. The maximum absolute atomic E-state index is 9.56. The molecular weight excluding hydrogens is 240 g/mol. The van der Waals surface area contributed by atoms with Crippen molar-refractivity contribution in [2.24, 2.45) is 0 Å². The summed E-state index contributed by atoms with van der Waals surface area (Å²) in [6.07, 6.45) is -3.24. The Hall–Kier alpha value is -0.590. The van der Waals surface area contributed by atoms with Gasteiger partial charge in [-0.2, -0.15) is 0 Å². The zero-order valence-electron chi connectivity index (χ0n) is 9.44. The van der Waals surface area contributed by atoms with Gasteiger partial charge < -0.3 is 20.4 Å². The van der Waals surface area contributed by atoms with Gasteiger partial charge in [-0.25, -0.2) is 0 Å². The maximum Gasteiger partial charge on any atom is 0.108 e. The lowest BCUT2D eigenvalue weighted by molar-refractivity contribution is -0.0764. The number of thioether (sulfide) groups is 1. The lowest BCUT2D eigenvalue weighted by atomic mass is 10.1. The molecular formula is C12H18O4S. The highest BCUT2D eigenvalue weighted by Crippen LogP contribution is 2.19. The van der Waals surface area contributed by atoms with Crippen LogP contribution in [0.3, 0.4) is 0 Å². The summed E-state index contributed by atoms with van der Waals surface area (Å²) < 4.78 is 0. The number of hydrogen-bond acceptors (Lipinski definition) is 5. The quantitative estimate of drug-likeness (QED) is 0.527. The fourth-order valence-corrected chi connectivity index (χ4v) is 2.29. The standard InChI is InChI=1S/C12H18O4S/c13-8-11(15)12(16)10(14)6-7-17-9-4-2-1-3-5-9/h1-5,10-16H,6-8H2/t10-,11?,12+/m1/s1. The molecule has 0 aliphatic heterocycles. The lowest BCUT2D eigenvalue weighted by Crippen LogP contribution is -2.39. The topological polar surface area (TPSA) is 80.9 Å². The van der Waals surface area contributed by atoms with Gasteiger partial charge in [0.15, 0.2) is 0 Å². The van der Waals surface area contributed by atoms with E-state index in [1.165, 1.54) is 0 Å². The largest absolute Gasteiger partial charge is 0.394 e. The van der Waals surface area contributed by atoms with E-state index in [1.54, 1.807) is 11.8 Å². The molecule has 0 bridgehead atoms. The highest BCUT2D eigenvalue weighted by atomic mass is 32.2. The predicted molar refractivity (Wildman–Crippen MR) is 66.9 cm³/mol. The van der Waals surface area contributed by atoms with Gasteiger partial charge in [0.25, 0.3) is 0 Å². The van der Waals surface area contributed by atoms with Crippen molar-refractivity contribution >= 4 is 11.8 Å². The van der Waals surface area contributed by atoms with Crippen LogP contribution in [0.15, 0.2) is 35.2 Å². The predicted octanol–water partition coefficient (Wildman–Crippen LogP) is 0.244. The van der Waals surface area contributed by atoms with Crippen molar-refractivity contribution in [3.63, 3.8) is 0 Å². The van der Waals surface area contributed by atoms with Crippen molar-refractivity contribution < 1.29 is 20.4 Å². The molecule has 0 saturated heterocycles. The van der Waals surface area contributed by atoms with Crippen molar-refractivity contribution in [1.29, 1.82) is 0 Å². The first kappa shape index (κ1) is 14.5. The third-order valence-electron chi connectivity index (χ3n) is 2.40. The van der Waals surface area contributed by atoms with Gasteiger partial charge in [-0.3, -0.25) is 0 Å². The Balaban J connectivity index is 2.27. The zero-order valence-corrected chi connectivity index (χ0v) is 10.3. The van der Waals surface area contributed by atoms with Gasteiger partial charge in [-0.05, 0) is 18.6 Å². The van der Waals surface area contributed by atoms with Crippen molar-refractivity contribution in [2.45, 2.75) is 29.6 Å². The first-order chi connectivity index (χ1) is 8.15. The second-order valence-electron chi connectivity index (χ2n) is 3.76. The molecule has 1 aromatic rings. The van der Waals surface area contributed by atoms with Gasteiger partial charge in [-0.1, -0.05) is 18.2 Å². The Morgan fingerprint density at radius 1 is 1.00 bits per heavy atom. The molecule has 4 nitrogen and oxygen atoms in total. The van der Waals surface area contributed by atoms with Crippen molar-refractivity contribution in [2.75, 3.05) is 12.4 Å². The molecule has 0 aromatic heterocycles. The van der Waals surface area contributed by atoms with Crippen LogP contribution in [0, 0.1) is 0 Å². The van der Waals surface area contributed by atoms with E-state index >= 15 is 0 Å². The second kappa shape index (κ2) is 7.68. The number of rotatable bonds is 7. The van der Waals surface area contributed by atoms with Crippen LogP contribution in [-0.4, -0.2) is 51.1 Å².